The van der Waals surface area contributed by atoms with Gasteiger partial charge in [0.05, 0.1) is 24.3 Å². The molecule has 166 valence electrons. The van der Waals surface area contributed by atoms with E-state index in [2.05, 4.69) is 34.1 Å². The van der Waals surface area contributed by atoms with Gasteiger partial charge in [0.2, 0.25) is 0 Å². The van der Waals surface area contributed by atoms with Gasteiger partial charge in [-0.1, -0.05) is 24.3 Å². The predicted octanol–water partition coefficient (Wildman–Crippen LogP) is 3.57. The molecule has 0 radical (unpaired) electrons. The maximum atomic E-state index is 13.1. The molecule has 0 saturated carbocycles. The first-order valence-electron chi connectivity index (χ1n) is 11.6. The lowest BCUT2D eigenvalue weighted by Gasteiger charge is -2.25. The molecule has 1 amide bonds. The van der Waals surface area contributed by atoms with Crippen LogP contribution >= 0.6 is 0 Å². The molecule has 1 fully saturated rings. The number of nitrogens with one attached hydrogen (secondary N) is 1. The number of aliphatic hydroxyl groups is 1. The maximum absolute atomic E-state index is 13.1. The van der Waals surface area contributed by atoms with Gasteiger partial charge in [-0.05, 0) is 53.3 Å². The van der Waals surface area contributed by atoms with Gasteiger partial charge in [0.25, 0.3) is 5.91 Å². The molecule has 7 rings (SSSR count). The summed E-state index contributed by atoms with van der Waals surface area (Å²) in [5, 5.41) is 15.2. The zero-order valence-corrected chi connectivity index (χ0v) is 18.2. The minimum atomic E-state index is 0.00111. The van der Waals surface area contributed by atoms with Crippen LogP contribution in [0.2, 0.25) is 0 Å². The summed E-state index contributed by atoms with van der Waals surface area (Å²) in [5.41, 5.74) is 8.72. The molecule has 6 nitrogen and oxygen atoms in total. The number of nitrogens with zero attached hydrogens (tertiary/aromatic N) is 1. The fraction of sp³-hybridized carbons (Fsp3) is 0.296. The molecular weight excluding hydrogens is 416 g/mol. The lowest BCUT2D eigenvalue weighted by molar-refractivity contribution is 0.0966. The molecule has 0 bridgehead atoms. The van der Waals surface area contributed by atoms with E-state index in [1.807, 2.05) is 18.2 Å². The molecular formula is C27H24N2O4. The second-order valence-electron chi connectivity index (χ2n) is 9.09. The van der Waals surface area contributed by atoms with E-state index < -0.39 is 0 Å². The average molecular weight is 440 g/mol. The number of hydrogen-bond acceptors (Lipinski definition) is 4. The second-order valence-corrected chi connectivity index (χ2v) is 9.09. The van der Waals surface area contributed by atoms with Crippen LogP contribution in [-0.2, 0) is 30.7 Å². The van der Waals surface area contributed by atoms with Crippen LogP contribution < -0.4 is 10.1 Å². The molecule has 1 saturated heterocycles. The number of amides is 1. The summed E-state index contributed by atoms with van der Waals surface area (Å²) >= 11 is 0. The number of ether oxygens (including phenoxy) is 2. The van der Waals surface area contributed by atoms with Crippen molar-refractivity contribution in [2.24, 2.45) is 0 Å². The smallest absolute Gasteiger partial charge is 0.252 e. The topological polar surface area (TPSA) is 76.0 Å². The maximum Gasteiger partial charge on any atom is 0.252 e. The number of aromatic nitrogens is 1. The van der Waals surface area contributed by atoms with Crippen molar-refractivity contribution in [2.45, 2.75) is 32.0 Å². The predicted molar refractivity (Wildman–Crippen MR) is 126 cm³/mol. The van der Waals surface area contributed by atoms with E-state index in [1.54, 1.807) is 0 Å². The highest BCUT2D eigenvalue weighted by atomic mass is 16.6. The lowest BCUT2D eigenvalue weighted by atomic mass is 9.80. The van der Waals surface area contributed by atoms with Gasteiger partial charge in [-0.3, -0.25) is 4.79 Å². The molecule has 2 N–H and O–H groups in total. The van der Waals surface area contributed by atoms with Crippen molar-refractivity contribution in [3.63, 3.8) is 0 Å². The molecule has 33 heavy (non-hydrogen) atoms. The van der Waals surface area contributed by atoms with Crippen LogP contribution in [0.25, 0.3) is 32.9 Å². The first-order valence-corrected chi connectivity index (χ1v) is 11.6. The summed E-state index contributed by atoms with van der Waals surface area (Å²) in [6, 6.07) is 14.5. The van der Waals surface area contributed by atoms with Crippen molar-refractivity contribution in [3.05, 3.63) is 64.7 Å². The largest absolute Gasteiger partial charge is 0.491 e. The van der Waals surface area contributed by atoms with Crippen LogP contribution in [0.1, 0.15) is 27.0 Å². The number of epoxide rings is 1. The summed E-state index contributed by atoms with van der Waals surface area (Å²) in [4.78, 5) is 13.1. The number of para-hydroxylation sites is 1. The van der Waals surface area contributed by atoms with Crippen LogP contribution in [0.3, 0.4) is 0 Å². The zero-order chi connectivity index (χ0) is 22.1. The Labute approximate surface area is 190 Å². The Morgan fingerprint density at radius 3 is 2.85 bits per heavy atom. The Morgan fingerprint density at radius 1 is 1.12 bits per heavy atom. The number of benzene rings is 3. The SMILES string of the molecule is O=C1NCc2c1c1c(c3c2c2ccccc2n3CCO)CCc2cc(OCC3CO3)ccc2-1. The Balaban J connectivity index is 1.51. The summed E-state index contributed by atoms with van der Waals surface area (Å²) in [5.74, 6) is 0.852. The van der Waals surface area contributed by atoms with E-state index in [0.29, 0.717) is 19.7 Å². The Morgan fingerprint density at radius 2 is 2.00 bits per heavy atom. The highest BCUT2D eigenvalue weighted by Crippen LogP contribution is 2.47. The monoisotopic (exact) mass is 440 g/mol. The van der Waals surface area contributed by atoms with Crippen LogP contribution in [0.4, 0.5) is 0 Å². The lowest BCUT2D eigenvalue weighted by Crippen LogP contribution is -2.16. The van der Waals surface area contributed by atoms with Crippen molar-refractivity contribution < 1.29 is 19.4 Å². The molecule has 6 heteroatoms. The van der Waals surface area contributed by atoms with E-state index in [9.17, 15) is 9.90 Å². The number of carbonyl (C=O) groups excluding carboxylic acids is 1. The number of aryl methyl sites for hydroxylation is 2. The molecule has 3 aromatic carbocycles. The highest BCUT2D eigenvalue weighted by Gasteiger charge is 2.34. The van der Waals surface area contributed by atoms with Gasteiger partial charge >= 0.3 is 0 Å². The summed E-state index contributed by atoms with van der Waals surface area (Å²) < 4.78 is 13.4. The molecule has 3 aliphatic rings. The summed E-state index contributed by atoms with van der Waals surface area (Å²) in [7, 11) is 0. The Kier molecular flexibility index (Phi) is 4.10. The average Bonchev–Trinajstić information content (AvgIpc) is 3.52. The van der Waals surface area contributed by atoms with Gasteiger partial charge in [0.15, 0.2) is 0 Å². The Bertz CT molecular complexity index is 1460. The van der Waals surface area contributed by atoms with Crippen molar-refractivity contribution in [2.75, 3.05) is 19.8 Å². The van der Waals surface area contributed by atoms with Gasteiger partial charge in [-0.2, -0.15) is 0 Å². The minimum absolute atomic E-state index is 0.00111. The highest BCUT2D eigenvalue weighted by molar-refractivity contribution is 6.19. The van der Waals surface area contributed by atoms with E-state index in [0.717, 1.165) is 69.3 Å². The van der Waals surface area contributed by atoms with Gasteiger partial charge in [-0.15, -0.1) is 0 Å². The first-order chi connectivity index (χ1) is 16.2. The number of carbonyl (C=O) groups is 1. The number of rotatable bonds is 5. The minimum Gasteiger partial charge on any atom is -0.491 e. The van der Waals surface area contributed by atoms with Crippen LogP contribution in [0.5, 0.6) is 5.75 Å². The van der Waals surface area contributed by atoms with E-state index in [1.165, 1.54) is 11.1 Å². The van der Waals surface area contributed by atoms with Crippen molar-refractivity contribution in [1.29, 1.82) is 0 Å². The number of fused-ring (bicyclic) bond motifs is 10. The molecule has 1 atom stereocenters. The molecule has 3 heterocycles. The van der Waals surface area contributed by atoms with E-state index >= 15 is 0 Å². The number of hydrogen-bond donors (Lipinski definition) is 2. The first kappa shape index (κ1) is 19.1. The molecule has 4 aromatic rings. The van der Waals surface area contributed by atoms with Gasteiger partial charge in [-0.25, -0.2) is 0 Å². The van der Waals surface area contributed by atoms with Crippen LogP contribution in [0, 0.1) is 0 Å². The summed E-state index contributed by atoms with van der Waals surface area (Å²) in [6.07, 6.45) is 1.95. The molecule has 2 aliphatic heterocycles. The third-order valence-corrected chi connectivity index (χ3v) is 7.22. The normalized spacial score (nSPS) is 18.2. The van der Waals surface area contributed by atoms with Crippen LogP contribution in [-0.4, -0.2) is 41.5 Å². The standard InChI is InChI=1S/C27H24N2O4/c30-10-9-29-22-4-2-1-3-19(22)24-21-12-28-27(31)25(21)23-18-8-6-16(32-13-17-14-33-17)11-15(18)5-7-20(23)26(24)29/h1-4,6,8,11,17,30H,5,7,9-10,12-14H2,(H,28,31). The molecule has 1 unspecified atom stereocenters. The molecule has 1 aliphatic carbocycles. The van der Waals surface area contributed by atoms with E-state index in [4.69, 9.17) is 9.47 Å². The van der Waals surface area contributed by atoms with Gasteiger partial charge in [0.1, 0.15) is 18.5 Å². The second kappa shape index (κ2) is 7.07. The molecule has 0 spiro atoms. The number of aliphatic hydroxyl groups excluding tert-OH is 1. The van der Waals surface area contributed by atoms with Gasteiger partial charge < -0.3 is 24.5 Å². The Hall–Kier alpha value is -3.35. The van der Waals surface area contributed by atoms with Crippen molar-refractivity contribution in [3.8, 4) is 16.9 Å². The van der Waals surface area contributed by atoms with E-state index in [-0.39, 0.29) is 18.6 Å². The van der Waals surface area contributed by atoms with Crippen molar-refractivity contribution >= 4 is 27.7 Å². The third kappa shape index (κ3) is 2.77. The fourth-order valence-electron chi connectivity index (χ4n) is 5.75. The quantitative estimate of drug-likeness (QED) is 0.465. The zero-order valence-electron chi connectivity index (χ0n) is 18.2. The van der Waals surface area contributed by atoms with Gasteiger partial charge in [0, 0.05) is 34.9 Å². The van der Waals surface area contributed by atoms with Crippen LogP contribution in [0.15, 0.2) is 42.5 Å². The molecule has 1 aromatic heterocycles. The third-order valence-electron chi connectivity index (χ3n) is 7.22. The summed E-state index contributed by atoms with van der Waals surface area (Å²) in [6.45, 7) is 2.48. The fourth-order valence-corrected chi connectivity index (χ4v) is 5.75. The van der Waals surface area contributed by atoms with Crippen molar-refractivity contribution in [1.82, 2.24) is 9.88 Å².